The summed E-state index contributed by atoms with van der Waals surface area (Å²) in [5.74, 6) is -38.6. The lowest BCUT2D eigenvalue weighted by atomic mass is 9.83. The number of nitrogens with zero attached hydrogens (tertiary/aromatic N) is 3. The summed E-state index contributed by atoms with van der Waals surface area (Å²) in [4.78, 5) is 13.2. The predicted octanol–water partition coefficient (Wildman–Crippen LogP) is 13.4. The third-order valence-corrected chi connectivity index (χ3v) is 12.8. The van der Waals surface area contributed by atoms with Crippen molar-refractivity contribution in [1.29, 1.82) is 0 Å². The van der Waals surface area contributed by atoms with Crippen molar-refractivity contribution < 1.29 is 57.1 Å². The van der Waals surface area contributed by atoms with Crippen LogP contribution in [0.1, 0.15) is 61.3 Å². The minimum Gasteiger partial charge on any atom is -0.354 e. The quantitative estimate of drug-likeness (QED) is 0.140. The molecule has 0 atom stereocenters. The van der Waals surface area contributed by atoms with E-state index in [1.807, 2.05) is 38.1 Å². The zero-order valence-electron chi connectivity index (χ0n) is 38.5. The molecule has 0 unspecified atom stereocenters. The van der Waals surface area contributed by atoms with Gasteiger partial charge in [-0.1, -0.05) is 119 Å². The number of fused-ring (bicyclic) bond motifs is 6. The Hall–Kier alpha value is -7.43. The van der Waals surface area contributed by atoms with Crippen LogP contribution in [0.4, 0.5) is 57.1 Å². The van der Waals surface area contributed by atoms with Gasteiger partial charge in [0.25, 0.3) is 0 Å². The summed E-state index contributed by atoms with van der Waals surface area (Å²) in [5, 5.41) is 0.969. The van der Waals surface area contributed by atoms with Crippen molar-refractivity contribution in [3.8, 4) is 0 Å². The molecular weight excluding hydrogens is 964 g/mol. The number of hydrogen-bond acceptors (Lipinski definition) is 2. The second kappa shape index (κ2) is 17.1. The number of aromatic nitrogens is 2. The highest BCUT2D eigenvalue weighted by Gasteiger charge is 2.91. The van der Waals surface area contributed by atoms with Crippen molar-refractivity contribution in [2.75, 3.05) is 0 Å². The molecule has 0 fully saturated rings. The summed E-state index contributed by atoms with van der Waals surface area (Å²) < 4.78 is 201. The summed E-state index contributed by atoms with van der Waals surface area (Å²) in [6, 6.07) is 29.5. The molecule has 0 saturated carbocycles. The summed E-state index contributed by atoms with van der Waals surface area (Å²) in [7, 11) is 1.07. The zero-order chi connectivity index (χ0) is 52.1. The van der Waals surface area contributed by atoms with Gasteiger partial charge in [-0.25, -0.2) is 9.98 Å². The van der Waals surface area contributed by atoms with Gasteiger partial charge in [-0.2, -0.15) is 57.1 Å². The molecule has 4 aromatic carbocycles. The topological polar surface area (TPSA) is 45.4 Å². The number of alkyl halides is 13. The van der Waals surface area contributed by atoms with Crippen molar-refractivity contribution >= 4 is 33.7 Å². The maximum absolute atomic E-state index is 17.8. The van der Waals surface area contributed by atoms with Crippen molar-refractivity contribution in [3.63, 3.8) is 0 Å². The Bertz CT molecular complexity index is 3490. The van der Waals surface area contributed by atoms with Gasteiger partial charge in [0, 0.05) is 51.8 Å². The summed E-state index contributed by atoms with van der Waals surface area (Å²) in [6.45, 7) is 7.03. The molecule has 6 aromatic rings. The van der Waals surface area contributed by atoms with Gasteiger partial charge in [0.2, 0.25) is 0 Å². The molecule has 0 saturated heterocycles. The highest BCUT2D eigenvalue weighted by atomic mass is 19.4. The van der Waals surface area contributed by atoms with Gasteiger partial charge in [0.05, 0.1) is 34.1 Å². The minimum atomic E-state index is -8.15. The summed E-state index contributed by atoms with van der Waals surface area (Å²) in [5.41, 5.74) is -0.359. The first-order chi connectivity index (χ1) is 33.7. The first-order valence-corrected chi connectivity index (χ1v) is 22.1. The van der Waals surface area contributed by atoms with Gasteiger partial charge in [-0.15, -0.1) is 0 Å². The van der Waals surface area contributed by atoms with Gasteiger partial charge in [0.15, 0.2) is 0 Å². The van der Waals surface area contributed by atoms with Crippen LogP contribution < -0.4 is 10.7 Å². The van der Waals surface area contributed by atoms with Gasteiger partial charge >= 0.3 is 35.8 Å². The molecule has 5 heterocycles. The van der Waals surface area contributed by atoms with Crippen molar-refractivity contribution in [2.45, 2.75) is 63.5 Å². The van der Waals surface area contributed by atoms with Crippen molar-refractivity contribution in [1.82, 2.24) is 9.55 Å². The minimum absolute atomic E-state index is 0.0495. The lowest BCUT2D eigenvalue weighted by molar-refractivity contribution is -0.441. The van der Waals surface area contributed by atoms with E-state index in [2.05, 4.69) is 4.98 Å². The fourth-order valence-corrected chi connectivity index (χ4v) is 8.94. The first-order valence-electron chi connectivity index (χ1n) is 22.1. The maximum Gasteiger partial charge on any atom is 0.460 e. The van der Waals surface area contributed by atoms with Crippen molar-refractivity contribution in [2.24, 2.45) is 17.0 Å². The second-order valence-corrected chi connectivity index (χ2v) is 17.9. The molecule has 0 radical (unpaired) electrons. The van der Waals surface area contributed by atoms with Crippen LogP contribution >= 0.6 is 0 Å². The molecule has 3 aliphatic rings. The van der Waals surface area contributed by atoms with Crippen LogP contribution in [0.15, 0.2) is 161 Å². The van der Waals surface area contributed by atoms with E-state index >= 15 is 35.1 Å². The number of aryl methyl sites for hydroxylation is 5. The Morgan fingerprint density at radius 2 is 0.750 bits per heavy atom. The average molecular weight is 1000 g/mol. The van der Waals surface area contributed by atoms with Crippen LogP contribution in [-0.2, 0) is 13.0 Å². The Kier molecular flexibility index (Phi) is 11.8. The number of rotatable bonds is 9. The largest absolute Gasteiger partial charge is 0.460 e. The number of aliphatic imine (C=N–C) groups is 2. The number of halogens is 13. The van der Waals surface area contributed by atoms with E-state index in [1.54, 1.807) is 50.2 Å². The van der Waals surface area contributed by atoms with Crippen molar-refractivity contribution in [3.05, 3.63) is 223 Å². The van der Waals surface area contributed by atoms with Crippen LogP contribution in [0.3, 0.4) is 0 Å². The molecule has 17 heteroatoms. The van der Waals surface area contributed by atoms with Crippen LogP contribution in [0.25, 0.3) is 22.3 Å². The fourth-order valence-electron chi connectivity index (χ4n) is 8.94. The van der Waals surface area contributed by atoms with Gasteiger partial charge in [-0.3, -0.25) is 0 Å². The lowest BCUT2D eigenvalue weighted by Gasteiger charge is -2.40. The molecule has 1 N–H and O–H groups in total. The fraction of sp³-hybridized carbons (Fsp3) is 0.200. The van der Waals surface area contributed by atoms with Gasteiger partial charge < -0.3 is 9.55 Å². The predicted molar refractivity (Wildman–Crippen MR) is 250 cm³/mol. The highest BCUT2D eigenvalue weighted by Crippen LogP contribution is 2.63. The first kappa shape index (κ1) is 49.5. The van der Waals surface area contributed by atoms with Crippen LogP contribution in [0, 0.1) is 27.7 Å². The van der Waals surface area contributed by atoms with Gasteiger partial charge in [0.1, 0.15) is 0 Å². The summed E-state index contributed by atoms with van der Waals surface area (Å²) in [6.07, 6.45) is -1.12. The van der Waals surface area contributed by atoms with Crippen LogP contribution in [0.5, 0.6) is 0 Å². The number of aromatic amines is 1. The maximum atomic E-state index is 17.8. The Morgan fingerprint density at radius 1 is 0.403 bits per heavy atom. The molecule has 2 aromatic heterocycles. The van der Waals surface area contributed by atoms with E-state index in [-0.39, 0.29) is 33.9 Å². The number of hydrogen-bond donors (Lipinski definition) is 1. The Balaban J connectivity index is 1.49. The molecule has 0 spiro atoms. The number of nitrogens with one attached hydrogen (secondary N) is 1. The second-order valence-electron chi connectivity index (χ2n) is 17.9. The highest BCUT2D eigenvalue weighted by molar-refractivity contribution is 6.31. The molecule has 72 heavy (non-hydrogen) atoms. The molecule has 370 valence electrons. The molecular formula is C55H39F13N4. The zero-order valence-corrected chi connectivity index (χ0v) is 38.5. The molecule has 8 bridgehead atoms. The smallest absolute Gasteiger partial charge is 0.354 e. The van der Waals surface area contributed by atoms with E-state index in [4.69, 9.17) is 9.98 Å². The molecule has 9 rings (SSSR count). The Labute approximate surface area is 403 Å². The summed E-state index contributed by atoms with van der Waals surface area (Å²) >= 11 is 0. The lowest BCUT2D eigenvalue weighted by Crippen LogP contribution is -2.69. The van der Waals surface area contributed by atoms with Gasteiger partial charge in [-0.05, 0) is 86.4 Å². The number of H-pyrrole nitrogens is 1. The monoisotopic (exact) mass is 1000 g/mol. The van der Waals surface area contributed by atoms with E-state index in [9.17, 15) is 22.0 Å². The SMILES string of the molecule is Cc1ccc(C2=C3C=CC(=N3)C(c3ccc(C)cc3)=c3ccc([nH]3)=C(c3ccc(C)cc3)C3=NC(=C(c4ccc(C)cc4)c4c(C(F)(F)C(F)(F)C(F)(F)C(F)(F)C(F)(F)C(F)(F)F)c2cn4C)C=C3)cc1. The number of benzene rings is 4. The molecule has 0 aliphatic carbocycles. The van der Waals surface area contributed by atoms with E-state index in [0.29, 0.717) is 44.1 Å². The molecule has 0 amide bonds. The Morgan fingerprint density at radius 3 is 1.14 bits per heavy atom. The van der Waals surface area contributed by atoms with E-state index < -0.39 is 63.8 Å². The number of allylic oxidation sites excluding steroid dienone is 4. The molecule has 4 nitrogen and oxygen atoms in total. The van der Waals surface area contributed by atoms with Crippen LogP contribution in [0.2, 0.25) is 0 Å². The third kappa shape index (κ3) is 7.78. The van der Waals surface area contributed by atoms with Crippen LogP contribution in [-0.4, -0.2) is 50.8 Å². The third-order valence-electron chi connectivity index (χ3n) is 12.8. The standard InChI is InChI=1S/C55H39F13N4/c1-29-6-14-33(15-7-29)44-37-28-72(5)49(48(37)50(56,57)51(58,59)52(60,61)53(62,63)54(64,65)55(66,67)68)47(36-20-12-32(4)13-21-36)43-27-26-42(71-43)46(35-18-10-31(3)11-19-35)41-25-24-40(70-41)45(39-23-22-38(44)69-39)34-16-8-30(2)9-17-34/h6-28,70H,1-5H3. The normalized spacial score (nSPS) is 15.8. The average Bonchev–Trinajstić information content (AvgIpc) is 4.15. The van der Waals surface area contributed by atoms with E-state index in [0.717, 1.165) is 28.9 Å². The molecule has 3 aliphatic heterocycles. The van der Waals surface area contributed by atoms with E-state index in [1.165, 1.54) is 72.8 Å².